The summed E-state index contributed by atoms with van der Waals surface area (Å²) in [4.78, 5) is 30.1. The third-order valence-corrected chi connectivity index (χ3v) is 10.6. The Morgan fingerprint density at radius 1 is 0.854 bits per heavy atom. The summed E-state index contributed by atoms with van der Waals surface area (Å²) in [6.45, 7) is 1.65. The van der Waals surface area contributed by atoms with Gasteiger partial charge in [-0.05, 0) is 77.9 Å². The molecular formula is C37H39N3O7S. The molecule has 1 saturated heterocycles. The number of methoxy groups -OCH3 is 1. The number of aryl methyl sites for hydroxylation is 1. The second kappa shape index (κ2) is 14.9. The lowest BCUT2D eigenvalue weighted by Gasteiger charge is -2.32. The summed E-state index contributed by atoms with van der Waals surface area (Å²) in [5.74, 6) is 1.43. The predicted octanol–water partition coefficient (Wildman–Crippen LogP) is 5.23. The van der Waals surface area contributed by atoms with Crippen molar-refractivity contribution in [1.29, 1.82) is 0 Å². The van der Waals surface area contributed by atoms with E-state index in [-0.39, 0.29) is 43.0 Å². The molecule has 4 aromatic rings. The quantitative estimate of drug-likeness (QED) is 0.208. The number of benzene rings is 4. The van der Waals surface area contributed by atoms with Crippen molar-refractivity contribution in [2.24, 2.45) is 0 Å². The molecule has 11 heteroatoms. The Kier molecular flexibility index (Phi) is 10.3. The number of amides is 2. The molecule has 0 aromatic heterocycles. The first-order chi connectivity index (χ1) is 23.3. The van der Waals surface area contributed by atoms with E-state index in [2.05, 4.69) is 5.32 Å². The molecule has 1 unspecified atom stereocenters. The first kappa shape index (κ1) is 33.0. The minimum atomic E-state index is -3.53. The summed E-state index contributed by atoms with van der Waals surface area (Å²) in [5.41, 5.74) is 3.18. The van der Waals surface area contributed by atoms with Gasteiger partial charge in [-0.2, -0.15) is 4.31 Å². The van der Waals surface area contributed by atoms with E-state index in [1.54, 1.807) is 36.3 Å². The van der Waals surface area contributed by atoms with Crippen molar-refractivity contribution in [1.82, 2.24) is 14.5 Å². The van der Waals surface area contributed by atoms with Gasteiger partial charge >= 0.3 is 0 Å². The second-order valence-corrected chi connectivity index (χ2v) is 13.8. The zero-order valence-corrected chi connectivity index (χ0v) is 27.7. The first-order valence-electron chi connectivity index (χ1n) is 16.0. The third-order valence-electron chi connectivity index (χ3n) is 8.67. The van der Waals surface area contributed by atoms with Crippen LogP contribution in [0.4, 0.5) is 0 Å². The number of carbonyl (C=O) groups excluding carboxylic acids is 2. The predicted molar refractivity (Wildman–Crippen MR) is 180 cm³/mol. The highest BCUT2D eigenvalue weighted by Gasteiger charge is 2.32. The van der Waals surface area contributed by atoms with Crippen LogP contribution in [-0.2, 0) is 39.1 Å². The molecule has 4 aromatic carbocycles. The maximum Gasteiger partial charge on any atom is 0.247 e. The average Bonchev–Trinajstić information content (AvgIpc) is 3.84. The largest absolute Gasteiger partial charge is 0.497 e. The molecule has 10 nitrogen and oxygen atoms in total. The van der Waals surface area contributed by atoms with E-state index < -0.39 is 16.1 Å². The highest BCUT2D eigenvalue weighted by atomic mass is 32.2. The van der Waals surface area contributed by atoms with E-state index in [1.807, 2.05) is 72.8 Å². The van der Waals surface area contributed by atoms with E-state index in [4.69, 9.17) is 14.2 Å². The SMILES string of the molecule is COc1ccc(CN(C(=O)CCc2ccc(S(=O)(=O)N3CCCC3)cc2)C(C(=O)NCc2ccc3c(c2)OCO3)c2ccccc2)cc1. The fourth-order valence-corrected chi connectivity index (χ4v) is 7.51. The monoisotopic (exact) mass is 669 g/mol. The van der Waals surface area contributed by atoms with Crippen LogP contribution in [0.15, 0.2) is 102 Å². The molecule has 250 valence electrons. The number of nitrogens with zero attached hydrogens (tertiary/aromatic N) is 2. The van der Waals surface area contributed by atoms with Crippen molar-refractivity contribution in [3.63, 3.8) is 0 Å². The van der Waals surface area contributed by atoms with Gasteiger partial charge in [0.05, 0.1) is 12.0 Å². The Bertz CT molecular complexity index is 1830. The van der Waals surface area contributed by atoms with Gasteiger partial charge in [0.2, 0.25) is 28.6 Å². The van der Waals surface area contributed by atoms with Crippen molar-refractivity contribution in [3.8, 4) is 17.2 Å². The van der Waals surface area contributed by atoms with Crippen LogP contribution in [0.3, 0.4) is 0 Å². The summed E-state index contributed by atoms with van der Waals surface area (Å²) >= 11 is 0. The molecule has 0 spiro atoms. The Morgan fingerprint density at radius 3 is 2.23 bits per heavy atom. The molecule has 0 saturated carbocycles. The lowest BCUT2D eigenvalue weighted by Crippen LogP contribution is -2.43. The number of ether oxygens (including phenoxy) is 3. The molecular weight excluding hydrogens is 630 g/mol. The number of rotatable bonds is 13. The van der Waals surface area contributed by atoms with E-state index in [9.17, 15) is 18.0 Å². The lowest BCUT2D eigenvalue weighted by molar-refractivity contribution is -0.141. The van der Waals surface area contributed by atoms with Crippen LogP contribution in [0.25, 0.3) is 0 Å². The smallest absolute Gasteiger partial charge is 0.247 e. The van der Waals surface area contributed by atoms with Gasteiger partial charge in [-0.3, -0.25) is 9.59 Å². The van der Waals surface area contributed by atoms with Crippen molar-refractivity contribution in [2.75, 3.05) is 27.0 Å². The van der Waals surface area contributed by atoms with Crippen LogP contribution in [0.1, 0.15) is 47.6 Å². The number of nitrogens with one attached hydrogen (secondary N) is 1. The Balaban J connectivity index is 1.23. The van der Waals surface area contributed by atoms with E-state index in [0.29, 0.717) is 42.3 Å². The van der Waals surface area contributed by atoms with Gasteiger partial charge in [0.25, 0.3) is 0 Å². The Labute approximate surface area is 281 Å². The first-order valence-corrected chi connectivity index (χ1v) is 17.5. The minimum Gasteiger partial charge on any atom is -0.497 e. The highest BCUT2D eigenvalue weighted by molar-refractivity contribution is 7.89. The molecule has 6 rings (SSSR count). The van der Waals surface area contributed by atoms with Crippen molar-refractivity contribution < 1.29 is 32.2 Å². The molecule has 0 bridgehead atoms. The third kappa shape index (κ3) is 7.64. The van der Waals surface area contributed by atoms with Crippen molar-refractivity contribution >= 4 is 21.8 Å². The van der Waals surface area contributed by atoms with E-state index in [0.717, 1.165) is 29.5 Å². The molecule has 2 aliphatic rings. The van der Waals surface area contributed by atoms with Crippen LogP contribution >= 0.6 is 0 Å². The summed E-state index contributed by atoms with van der Waals surface area (Å²) in [6, 6.07) is 28.0. The Morgan fingerprint density at radius 2 is 1.52 bits per heavy atom. The number of sulfonamides is 1. The Hall–Kier alpha value is -4.87. The maximum absolute atomic E-state index is 14.2. The van der Waals surface area contributed by atoms with Crippen molar-refractivity contribution in [3.05, 3.63) is 119 Å². The molecule has 2 aliphatic heterocycles. The zero-order chi connectivity index (χ0) is 33.5. The summed E-state index contributed by atoms with van der Waals surface area (Å²) in [5, 5.41) is 3.04. The second-order valence-electron chi connectivity index (χ2n) is 11.8. The van der Waals surface area contributed by atoms with Gasteiger partial charge in [0.1, 0.15) is 11.8 Å². The molecule has 1 fully saturated rings. The maximum atomic E-state index is 14.2. The molecule has 0 aliphatic carbocycles. The van der Waals surface area contributed by atoms with E-state index >= 15 is 0 Å². The zero-order valence-electron chi connectivity index (χ0n) is 26.8. The standard InChI is InChI=1S/C37H39N3O7S/c1-45-31-15-9-28(10-16-31)25-40(35(41)20-14-27-11-17-32(18-12-27)48(43,44)39-21-5-6-22-39)36(30-7-3-2-4-8-30)37(42)38-24-29-13-19-33-34(23-29)47-26-46-33/h2-4,7-13,15-19,23,36H,5-6,14,20-22,24-26H2,1H3,(H,38,42). The van der Waals surface area contributed by atoms with E-state index in [1.165, 1.54) is 4.31 Å². The normalized spacial score (nSPS) is 14.8. The number of carbonyl (C=O) groups is 2. The number of hydrogen-bond acceptors (Lipinski definition) is 7. The highest BCUT2D eigenvalue weighted by Crippen LogP contribution is 2.33. The van der Waals surface area contributed by atoms with Crippen LogP contribution in [-0.4, -0.2) is 56.4 Å². The average molecular weight is 670 g/mol. The molecule has 1 N–H and O–H groups in total. The summed E-state index contributed by atoms with van der Waals surface area (Å²) < 4.78 is 43.7. The van der Waals surface area contributed by atoms with Crippen LogP contribution in [0, 0.1) is 0 Å². The molecule has 0 radical (unpaired) electrons. The van der Waals surface area contributed by atoms with Crippen molar-refractivity contribution in [2.45, 2.75) is 49.7 Å². The molecule has 2 amide bonds. The number of hydrogen-bond donors (Lipinski definition) is 1. The van der Waals surface area contributed by atoms with Crippen LogP contribution < -0.4 is 19.5 Å². The minimum absolute atomic E-state index is 0.118. The molecule has 48 heavy (non-hydrogen) atoms. The summed E-state index contributed by atoms with van der Waals surface area (Å²) in [6.07, 6.45) is 2.23. The van der Waals surface area contributed by atoms with Gasteiger partial charge in [-0.25, -0.2) is 8.42 Å². The fourth-order valence-electron chi connectivity index (χ4n) is 6.00. The van der Waals surface area contributed by atoms with Gasteiger partial charge in [0, 0.05) is 32.6 Å². The molecule has 2 heterocycles. The fraction of sp³-hybridized carbons (Fsp3) is 0.297. The number of fused-ring (bicyclic) bond motifs is 1. The van der Waals surface area contributed by atoms with Gasteiger partial charge < -0.3 is 24.4 Å². The topological polar surface area (TPSA) is 114 Å². The van der Waals surface area contributed by atoms with Gasteiger partial charge in [-0.1, -0.05) is 60.7 Å². The van der Waals surface area contributed by atoms with Crippen LogP contribution in [0.2, 0.25) is 0 Å². The summed E-state index contributed by atoms with van der Waals surface area (Å²) in [7, 11) is -1.94. The van der Waals surface area contributed by atoms with Crippen LogP contribution in [0.5, 0.6) is 17.2 Å². The van der Waals surface area contributed by atoms with Gasteiger partial charge in [0.15, 0.2) is 11.5 Å². The molecule has 1 atom stereocenters. The van der Waals surface area contributed by atoms with Gasteiger partial charge in [-0.15, -0.1) is 0 Å². The lowest BCUT2D eigenvalue weighted by atomic mass is 10.0.